The van der Waals surface area contributed by atoms with Gasteiger partial charge in [-0.25, -0.2) is 0 Å². The lowest BCUT2D eigenvalue weighted by Gasteiger charge is -2.41. The molecule has 0 bridgehead atoms. The van der Waals surface area contributed by atoms with Gasteiger partial charge in [-0.3, -0.25) is 0 Å². The van der Waals surface area contributed by atoms with Gasteiger partial charge >= 0.3 is 0 Å². The van der Waals surface area contributed by atoms with E-state index in [2.05, 4.69) is 0 Å². The topological polar surface area (TPSA) is 157 Å². The minimum absolute atomic E-state index is 0.0974. The summed E-state index contributed by atoms with van der Waals surface area (Å²) in [4.78, 5) is 10.7. The first-order chi connectivity index (χ1) is 9.70. The standard InChI is InChI=1S/C12H22O9/c1-4(14)7(16)11(6(15)3-13)21-12-10(19)9(18)8(17)5(2)20-12/h3-12,14-19H,1-2H3/t4-,5-,6-,7-,8-,9+,10+,11-,12-/m0/s1. The molecule has 0 aliphatic carbocycles. The SMILES string of the molecule is C[C@H](O)[C@H](O)[C@@H](O[C@@H]1O[C@@H](C)[C@H](O)[C@@H](O)[C@H]1O)[C@@H](O)C=O. The van der Waals surface area contributed by atoms with Gasteiger partial charge in [0.15, 0.2) is 12.6 Å². The van der Waals surface area contributed by atoms with Gasteiger partial charge in [-0.1, -0.05) is 0 Å². The van der Waals surface area contributed by atoms with Crippen LogP contribution >= 0.6 is 0 Å². The Morgan fingerprint density at radius 3 is 2.14 bits per heavy atom. The van der Waals surface area contributed by atoms with Crippen LogP contribution in [0.4, 0.5) is 0 Å². The van der Waals surface area contributed by atoms with Crippen LogP contribution in [0.3, 0.4) is 0 Å². The van der Waals surface area contributed by atoms with Crippen LogP contribution < -0.4 is 0 Å². The van der Waals surface area contributed by atoms with Gasteiger partial charge in [-0.15, -0.1) is 0 Å². The largest absolute Gasteiger partial charge is 0.391 e. The Morgan fingerprint density at radius 1 is 1.10 bits per heavy atom. The van der Waals surface area contributed by atoms with E-state index in [4.69, 9.17) is 9.47 Å². The molecule has 0 aromatic heterocycles. The quantitative estimate of drug-likeness (QED) is 0.274. The highest BCUT2D eigenvalue weighted by Crippen LogP contribution is 2.24. The second-order valence-electron chi connectivity index (χ2n) is 5.14. The van der Waals surface area contributed by atoms with E-state index < -0.39 is 55.1 Å². The highest BCUT2D eigenvalue weighted by molar-refractivity contribution is 5.56. The maximum atomic E-state index is 10.7. The number of hydrogen-bond acceptors (Lipinski definition) is 9. The number of hydrogen-bond donors (Lipinski definition) is 6. The average molecular weight is 310 g/mol. The first-order valence-corrected chi connectivity index (χ1v) is 6.55. The molecule has 0 amide bonds. The van der Waals surface area contributed by atoms with Crippen LogP contribution in [0.2, 0.25) is 0 Å². The summed E-state index contributed by atoms with van der Waals surface area (Å²) < 4.78 is 10.3. The van der Waals surface area contributed by atoms with E-state index in [1.54, 1.807) is 0 Å². The molecule has 0 spiro atoms. The molecule has 0 aromatic rings. The van der Waals surface area contributed by atoms with Gasteiger partial charge in [0.25, 0.3) is 0 Å². The normalized spacial score (nSPS) is 39.3. The zero-order valence-corrected chi connectivity index (χ0v) is 11.7. The summed E-state index contributed by atoms with van der Waals surface area (Å²) >= 11 is 0. The molecule has 1 aliphatic rings. The number of carbonyl (C=O) groups excluding carboxylic acids is 1. The predicted molar refractivity (Wildman–Crippen MR) is 67.0 cm³/mol. The summed E-state index contributed by atoms with van der Waals surface area (Å²) in [6.45, 7) is 2.64. The molecule has 9 heteroatoms. The van der Waals surface area contributed by atoms with Crippen LogP contribution in [-0.2, 0) is 14.3 Å². The highest BCUT2D eigenvalue weighted by atomic mass is 16.7. The molecule has 1 rings (SSSR count). The van der Waals surface area contributed by atoms with Crippen molar-refractivity contribution in [3.8, 4) is 0 Å². The number of aldehydes is 1. The number of carbonyl (C=O) groups is 1. The summed E-state index contributed by atoms with van der Waals surface area (Å²) in [7, 11) is 0. The van der Waals surface area contributed by atoms with Gasteiger partial charge in [0.05, 0.1) is 12.2 Å². The molecule has 1 heterocycles. The summed E-state index contributed by atoms with van der Waals surface area (Å²) in [5, 5.41) is 57.5. The van der Waals surface area contributed by atoms with Crippen LogP contribution in [-0.4, -0.2) is 92.0 Å². The molecule has 124 valence electrons. The number of rotatable bonds is 6. The molecule has 0 unspecified atom stereocenters. The van der Waals surface area contributed by atoms with Gasteiger partial charge in [0.2, 0.25) is 0 Å². The second kappa shape index (κ2) is 7.56. The Labute approximate surface area is 121 Å². The fraction of sp³-hybridized carbons (Fsp3) is 0.917. The first-order valence-electron chi connectivity index (χ1n) is 6.55. The fourth-order valence-electron chi connectivity index (χ4n) is 2.00. The smallest absolute Gasteiger partial charge is 0.187 e. The molecule has 0 saturated carbocycles. The summed E-state index contributed by atoms with van der Waals surface area (Å²) in [6.07, 6.45) is -13.1. The van der Waals surface area contributed by atoms with Crippen molar-refractivity contribution in [1.29, 1.82) is 0 Å². The summed E-state index contributed by atoms with van der Waals surface area (Å²) in [5.74, 6) is 0. The van der Waals surface area contributed by atoms with Crippen molar-refractivity contribution in [2.45, 2.75) is 69.0 Å². The fourth-order valence-corrected chi connectivity index (χ4v) is 2.00. The molecule has 1 aliphatic heterocycles. The van der Waals surface area contributed by atoms with Crippen molar-refractivity contribution in [2.24, 2.45) is 0 Å². The zero-order chi connectivity index (χ0) is 16.3. The maximum Gasteiger partial charge on any atom is 0.187 e. The lowest BCUT2D eigenvalue weighted by Crippen LogP contribution is -2.60. The Balaban J connectivity index is 2.85. The molecule has 21 heavy (non-hydrogen) atoms. The number of ether oxygens (including phenoxy) is 2. The van der Waals surface area contributed by atoms with Crippen LogP contribution in [0.5, 0.6) is 0 Å². The van der Waals surface area contributed by atoms with Crippen molar-refractivity contribution in [3.05, 3.63) is 0 Å². The molecule has 9 nitrogen and oxygen atoms in total. The third-order valence-corrected chi connectivity index (χ3v) is 3.41. The van der Waals surface area contributed by atoms with E-state index in [0.29, 0.717) is 0 Å². The second-order valence-corrected chi connectivity index (χ2v) is 5.14. The molecule has 0 radical (unpaired) electrons. The van der Waals surface area contributed by atoms with Gasteiger partial charge in [0, 0.05) is 0 Å². The van der Waals surface area contributed by atoms with Crippen LogP contribution in [0.1, 0.15) is 13.8 Å². The van der Waals surface area contributed by atoms with E-state index in [1.165, 1.54) is 13.8 Å². The first kappa shape index (κ1) is 18.4. The van der Waals surface area contributed by atoms with Gasteiger partial charge < -0.3 is 44.9 Å². The minimum atomic E-state index is -1.77. The van der Waals surface area contributed by atoms with Gasteiger partial charge in [-0.05, 0) is 13.8 Å². The van der Waals surface area contributed by atoms with Crippen molar-refractivity contribution in [3.63, 3.8) is 0 Å². The van der Waals surface area contributed by atoms with Crippen molar-refractivity contribution >= 4 is 6.29 Å². The monoisotopic (exact) mass is 310 g/mol. The average Bonchev–Trinajstić information content (AvgIpc) is 2.45. The number of aliphatic hydroxyl groups excluding tert-OH is 6. The molecule has 0 aromatic carbocycles. The molecule has 1 saturated heterocycles. The van der Waals surface area contributed by atoms with E-state index in [-0.39, 0.29) is 6.29 Å². The molecular formula is C12H22O9. The summed E-state index contributed by atoms with van der Waals surface area (Å²) in [5.41, 5.74) is 0. The van der Waals surface area contributed by atoms with Crippen molar-refractivity contribution in [2.75, 3.05) is 0 Å². The Morgan fingerprint density at radius 2 is 1.67 bits per heavy atom. The van der Waals surface area contributed by atoms with E-state index >= 15 is 0 Å². The molecule has 6 N–H and O–H groups in total. The Kier molecular flexibility index (Phi) is 6.63. The lowest BCUT2D eigenvalue weighted by molar-refractivity contribution is -0.318. The highest BCUT2D eigenvalue weighted by Gasteiger charge is 2.45. The third kappa shape index (κ3) is 4.18. The van der Waals surface area contributed by atoms with E-state index in [9.17, 15) is 35.4 Å². The van der Waals surface area contributed by atoms with Crippen molar-refractivity contribution in [1.82, 2.24) is 0 Å². The third-order valence-electron chi connectivity index (χ3n) is 3.41. The van der Waals surface area contributed by atoms with Gasteiger partial charge in [-0.2, -0.15) is 0 Å². The maximum absolute atomic E-state index is 10.7. The van der Waals surface area contributed by atoms with Crippen LogP contribution in [0, 0.1) is 0 Å². The minimum Gasteiger partial charge on any atom is -0.391 e. The molecule has 1 fully saturated rings. The van der Waals surface area contributed by atoms with E-state index in [0.717, 1.165) is 0 Å². The van der Waals surface area contributed by atoms with Gasteiger partial charge in [0.1, 0.15) is 36.6 Å². The van der Waals surface area contributed by atoms with Crippen LogP contribution in [0.25, 0.3) is 0 Å². The lowest BCUT2D eigenvalue weighted by atomic mass is 9.99. The molecular weight excluding hydrogens is 288 g/mol. The van der Waals surface area contributed by atoms with Crippen molar-refractivity contribution < 1.29 is 44.9 Å². The Hall–Kier alpha value is -0.650. The zero-order valence-electron chi connectivity index (χ0n) is 11.7. The van der Waals surface area contributed by atoms with Crippen LogP contribution in [0.15, 0.2) is 0 Å². The predicted octanol–water partition coefficient (Wildman–Crippen LogP) is -3.50. The number of aliphatic hydroxyl groups is 6. The summed E-state index contributed by atoms with van der Waals surface area (Å²) in [6, 6.07) is 0. The molecule has 9 atom stereocenters. The Bertz CT molecular complexity index is 337. The van der Waals surface area contributed by atoms with E-state index in [1.807, 2.05) is 0 Å².